The Kier molecular flexibility index (Phi) is 6.35. The summed E-state index contributed by atoms with van der Waals surface area (Å²) in [6.07, 6.45) is 0. The van der Waals surface area contributed by atoms with Gasteiger partial charge in [-0.25, -0.2) is 0 Å². The number of amides is 1. The highest BCUT2D eigenvalue weighted by Crippen LogP contribution is 2.20. The third-order valence-corrected chi connectivity index (χ3v) is 5.16. The molecule has 1 heterocycles. The van der Waals surface area contributed by atoms with Crippen molar-refractivity contribution in [1.82, 2.24) is 0 Å². The van der Waals surface area contributed by atoms with Gasteiger partial charge in [0.15, 0.2) is 6.54 Å². The highest BCUT2D eigenvalue weighted by Gasteiger charge is 2.22. The molecule has 0 spiro atoms. The van der Waals surface area contributed by atoms with E-state index < -0.39 is 0 Å². The van der Waals surface area contributed by atoms with Gasteiger partial charge in [0.2, 0.25) is 0 Å². The number of carbonyl (C=O) groups excluding carboxylic acids is 1. The van der Waals surface area contributed by atoms with Gasteiger partial charge in [0.05, 0.1) is 33.3 Å². The van der Waals surface area contributed by atoms with Crippen molar-refractivity contribution >= 4 is 17.3 Å². The fraction of sp³-hybridized carbons (Fsp3) is 0.409. The van der Waals surface area contributed by atoms with Gasteiger partial charge in [-0.2, -0.15) is 0 Å². The topological polar surface area (TPSA) is 46.0 Å². The van der Waals surface area contributed by atoms with Crippen LogP contribution >= 0.6 is 0 Å². The van der Waals surface area contributed by atoms with Gasteiger partial charge in [-0.1, -0.05) is 32.0 Å². The number of nitrogens with one attached hydrogen (secondary N) is 2. The molecule has 0 aromatic heterocycles. The van der Waals surface area contributed by atoms with Crippen molar-refractivity contribution in [3.05, 3.63) is 54.1 Å². The first-order valence-electron chi connectivity index (χ1n) is 9.67. The molecule has 5 nitrogen and oxygen atoms in total. The molecule has 1 amide bonds. The molecule has 0 unspecified atom stereocenters. The van der Waals surface area contributed by atoms with E-state index in [1.165, 1.54) is 16.2 Å². The van der Waals surface area contributed by atoms with Gasteiger partial charge in [-0.15, -0.1) is 0 Å². The third-order valence-electron chi connectivity index (χ3n) is 5.16. The van der Waals surface area contributed by atoms with E-state index in [1.54, 1.807) is 7.11 Å². The summed E-state index contributed by atoms with van der Waals surface area (Å²) in [6.45, 7) is 8.65. The highest BCUT2D eigenvalue weighted by molar-refractivity contribution is 5.91. The van der Waals surface area contributed by atoms with Crippen molar-refractivity contribution in [3.8, 4) is 5.75 Å². The van der Waals surface area contributed by atoms with Crippen molar-refractivity contribution in [3.63, 3.8) is 0 Å². The second-order valence-electron chi connectivity index (χ2n) is 7.44. The molecule has 2 N–H and O–H groups in total. The minimum Gasteiger partial charge on any atom is -0.497 e. The number of piperazine rings is 1. The van der Waals surface area contributed by atoms with Crippen LogP contribution in [-0.2, 0) is 4.79 Å². The Morgan fingerprint density at radius 3 is 2.48 bits per heavy atom. The number of carbonyl (C=O) groups is 1. The van der Waals surface area contributed by atoms with Gasteiger partial charge in [-0.3, -0.25) is 4.79 Å². The van der Waals surface area contributed by atoms with Gasteiger partial charge in [0, 0.05) is 17.4 Å². The summed E-state index contributed by atoms with van der Waals surface area (Å²) < 4.78 is 5.31. The fourth-order valence-electron chi connectivity index (χ4n) is 3.45. The van der Waals surface area contributed by atoms with Crippen LogP contribution in [0, 0.1) is 0 Å². The van der Waals surface area contributed by atoms with Crippen molar-refractivity contribution in [2.75, 3.05) is 50.1 Å². The highest BCUT2D eigenvalue weighted by atomic mass is 16.5. The van der Waals surface area contributed by atoms with Gasteiger partial charge in [0.25, 0.3) is 5.91 Å². The summed E-state index contributed by atoms with van der Waals surface area (Å²) in [5.41, 5.74) is 3.34. The molecule has 0 bridgehead atoms. The molecular weight excluding hydrogens is 338 g/mol. The van der Waals surface area contributed by atoms with E-state index in [9.17, 15) is 4.79 Å². The van der Waals surface area contributed by atoms with E-state index >= 15 is 0 Å². The number of nitrogens with zero attached hydrogens (tertiary/aromatic N) is 1. The van der Waals surface area contributed by atoms with Crippen LogP contribution in [0.5, 0.6) is 5.75 Å². The number of benzene rings is 2. The van der Waals surface area contributed by atoms with Crippen LogP contribution < -0.4 is 19.9 Å². The lowest BCUT2D eigenvalue weighted by Crippen LogP contribution is -3.15. The molecule has 1 aliphatic heterocycles. The molecular formula is C22H30N3O2+. The van der Waals surface area contributed by atoms with Crippen molar-refractivity contribution < 1.29 is 14.4 Å². The van der Waals surface area contributed by atoms with Crippen LogP contribution in [-0.4, -0.2) is 45.7 Å². The Balaban J connectivity index is 1.47. The molecule has 0 radical (unpaired) electrons. The molecule has 144 valence electrons. The van der Waals surface area contributed by atoms with Crippen LogP contribution in [0.25, 0.3) is 0 Å². The van der Waals surface area contributed by atoms with Gasteiger partial charge in [0.1, 0.15) is 5.75 Å². The van der Waals surface area contributed by atoms with Gasteiger partial charge < -0.3 is 19.9 Å². The van der Waals surface area contributed by atoms with Crippen molar-refractivity contribution in [2.45, 2.75) is 19.8 Å². The summed E-state index contributed by atoms with van der Waals surface area (Å²) in [6, 6.07) is 16.3. The van der Waals surface area contributed by atoms with E-state index in [-0.39, 0.29) is 5.91 Å². The molecule has 0 saturated carbocycles. The molecule has 2 aromatic rings. The smallest absolute Gasteiger partial charge is 0.279 e. The van der Waals surface area contributed by atoms with E-state index in [2.05, 4.69) is 48.3 Å². The predicted molar refractivity (Wildman–Crippen MR) is 110 cm³/mol. The monoisotopic (exact) mass is 368 g/mol. The SMILES string of the molecule is COc1cccc(N2CC[NH+](CC(=O)Nc3ccc(C(C)C)cc3)CC2)c1. The van der Waals surface area contributed by atoms with Crippen LogP contribution in [0.15, 0.2) is 48.5 Å². The molecule has 1 fully saturated rings. The third kappa shape index (κ3) is 5.23. The van der Waals surface area contributed by atoms with Crippen molar-refractivity contribution in [2.24, 2.45) is 0 Å². The Hall–Kier alpha value is -2.53. The average molecular weight is 369 g/mol. The first-order chi connectivity index (χ1) is 13.0. The van der Waals surface area contributed by atoms with E-state index in [4.69, 9.17) is 4.74 Å². The van der Waals surface area contributed by atoms with E-state index in [1.807, 2.05) is 24.3 Å². The van der Waals surface area contributed by atoms with Crippen LogP contribution in [0.3, 0.4) is 0 Å². The molecule has 3 rings (SSSR count). The minimum atomic E-state index is 0.0807. The molecule has 1 aliphatic rings. The second-order valence-corrected chi connectivity index (χ2v) is 7.44. The largest absolute Gasteiger partial charge is 0.497 e. The number of hydrogen-bond acceptors (Lipinski definition) is 3. The lowest BCUT2D eigenvalue weighted by atomic mass is 10.0. The summed E-state index contributed by atoms with van der Waals surface area (Å²) in [7, 11) is 1.69. The maximum Gasteiger partial charge on any atom is 0.279 e. The Morgan fingerprint density at radius 1 is 1.15 bits per heavy atom. The molecule has 27 heavy (non-hydrogen) atoms. The zero-order valence-electron chi connectivity index (χ0n) is 16.5. The summed E-state index contributed by atoms with van der Waals surface area (Å²) >= 11 is 0. The van der Waals surface area contributed by atoms with Gasteiger partial charge in [-0.05, 0) is 35.7 Å². The minimum absolute atomic E-state index is 0.0807. The van der Waals surface area contributed by atoms with E-state index in [0.717, 1.165) is 37.6 Å². The lowest BCUT2D eigenvalue weighted by molar-refractivity contribution is -0.892. The number of hydrogen-bond donors (Lipinski definition) is 2. The Morgan fingerprint density at radius 2 is 1.85 bits per heavy atom. The zero-order chi connectivity index (χ0) is 19.2. The Labute approximate surface area is 161 Å². The number of ether oxygens (including phenoxy) is 1. The number of methoxy groups -OCH3 is 1. The number of quaternary nitrogens is 1. The zero-order valence-corrected chi connectivity index (χ0v) is 16.5. The number of rotatable bonds is 6. The van der Waals surface area contributed by atoms with E-state index in [0.29, 0.717) is 12.5 Å². The maximum atomic E-state index is 12.4. The molecule has 1 saturated heterocycles. The molecule has 0 aliphatic carbocycles. The Bertz CT molecular complexity index is 750. The van der Waals surface area contributed by atoms with Gasteiger partial charge >= 0.3 is 0 Å². The number of anilines is 2. The fourth-order valence-corrected chi connectivity index (χ4v) is 3.45. The average Bonchev–Trinajstić information content (AvgIpc) is 2.69. The maximum absolute atomic E-state index is 12.4. The summed E-state index contributed by atoms with van der Waals surface area (Å²) in [4.78, 5) is 16.1. The predicted octanol–water partition coefficient (Wildman–Crippen LogP) is 2.16. The molecule has 2 aromatic carbocycles. The molecule has 0 atom stereocenters. The quantitative estimate of drug-likeness (QED) is 0.821. The first kappa shape index (κ1) is 19.2. The standard InChI is InChI=1S/C22H29N3O2/c1-17(2)18-7-9-19(10-8-18)23-22(26)16-24-11-13-25(14-12-24)20-5-4-6-21(15-20)27-3/h4-10,15,17H,11-14,16H2,1-3H3,(H,23,26)/p+1. The molecule has 5 heteroatoms. The van der Waals surface area contributed by atoms with Crippen LogP contribution in [0.1, 0.15) is 25.3 Å². The van der Waals surface area contributed by atoms with Crippen molar-refractivity contribution in [1.29, 1.82) is 0 Å². The summed E-state index contributed by atoms with van der Waals surface area (Å²) in [5.74, 6) is 1.46. The first-order valence-corrected chi connectivity index (χ1v) is 9.67. The lowest BCUT2D eigenvalue weighted by Gasteiger charge is -2.33. The second kappa shape index (κ2) is 8.91. The summed E-state index contributed by atoms with van der Waals surface area (Å²) in [5, 5.41) is 3.02. The van der Waals surface area contributed by atoms with Crippen LogP contribution in [0.4, 0.5) is 11.4 Å². The normalized spacial score (nSPS) is 15.0. The van der Waals surface area contributed by atoms with Crippen LogP contribution in [0.2, 0.25) is 0 Å².